The number of halogens is 1. The normalized spacial score (nSPS) is 17.3. The smallest absolute Gasteiger partial charge is 0.257 e. The third kappa shape index (κ3) is 2.98. The number of piperidine rings is 1. The van der Waals surface area contributed by atoms with Crippen molar-refractivity contribution in [3.63, 3.8) is 0 Å². The molecule has 1 fully saturated rings. The number of amides is 1. The molecule has 0 spiro atoms. The lowest BCUT2D eigenvalue weighted by molar-refractivity contribution is 0.0602. The molecule has 1 atom stereocenters. The minimum Gasteiger partial charge on any atom is -0.330 e. The van der Waals surface area contributed by atoms with Crippen LogP contribution in [-0.4, -0.2) is 32.5 Å². The van der Waals surface area contributed by atoms with Gasteiger partial charge in [0.15, 0.2) is 0 Å². The summed E-state index contributed by atoms with van der Waals surface area (Å²) in [4.78, 5) is 18.8. The maximum atomic E-state index is 14.1. The van der Waals surface area contributed by atoms with Crippen molar-refractivity contribution in [1.29, 1.82) is 0 Å². The maximum absolute atomic E-state index is 14.1. The molecule has 3 aromatic rings. The predicted molar refractivity (Wildman–Crippen MR) is 95.8 cm³/mol. The zero-order chi connectivity index (χ0) is 17.9. The predicted octanol–water partition coefficient (Wildman–Crippen LogP) is 3.98. The van der Waals surface area contributed by atoms with E-state index in [2.05, 4.69) is 15.2 Å². The van der Waals surface area contributed by atoms with E-state index in [4.69, 9.17) is 0 Å². The van der Waals surface area contributed by atoms with Crippen molar-refractivity contribution in [1.82, 2.24) is 20.1 Å². The monoisotopic (exact) mass is 350 g/mol. The highest BCUT2D eigenvalue weighted by atomic mass is 19.1. The van der Waals surface area contributed by atoms with E-state index in [-0.39, 0.29) is 17.5 Å². The van der Waals surface area contributed by atoms with E-state index in [9.17, 15) is 9.18 Å². The van der Waals surface area contributed by atoms with Crippen LogP contribution in [0.3, 0.4) is 0 Å². The van der Waals surface area contributed by atoms with Gasteiger partial charge < -0.3 is 4.90 Å². The third-order valence-corrected chi connectivity index (χ3v) is 4.86. The maximum Gasteiger partial charge on any atom is 0.257 e. The number of carbonyl (C=O) groups is 1. The number of aromatic nitrogens is 3. The number of hydrogen-bond acceptors (Lipinski definition) is 3. The molecule has 5 nitrogen and oxygen atoms in total. The Morgan fingerprint density at radius 1 is 1.15 bits per heavy atom. The van der Waals surface area contributed by atoms with Crippen LogP contribution in [0, 0.1) is 5.82 Å². The van der Waals surface area contributed by atoms with Gasteiger partial charge in [0.2, 0.25) is 0 Å². The van der Waals surface area contributed by atoms with E-state index in [0.29, 0.717) is 6.54 Å². The van der Waals surface area contributed by atoms with Crippen molar-refractivity contribution in [2.45, 2.75) is 25.3 Å². The second-order valence-electron chi connectivity index (χ2n) is 6.42. The Morgan fingerprint density at radius 3 is 2.77 bits per heavy atom. The number of nitrogens with one attached hydrogen (secondary N) is 1. The van der Waals surface area contributed by atoms with Gasteiger partial charge in [-0.2, -0.15) is 5.10 Å². The van der Waals surface area contributed by atoms with Gasteiger partial charge in [0.05, 0.1) is 23.5 Å². The average molecular weight is 350 g/mol. The Labute approximate surface area is 150 Å². The first-order chi connectivity index (χ1) is 12.8. The molecule has 0 aliphatic carbocycles. The molecule has 0 unspecified atom stereocenters. The Balaban J connectivity index is 1.71. The molecule has 0 saturated carbocycles. The van der Waals surface area contributed by atoms with Crippen LogP contribution < -0.4 is 0 Å². The van der Waals surface area contributed by atoms with Gasteiger partial charge in [-0.25, -0.2) is 4.39 Å². The lowest BCUT2D eigenvalue weighted by atomic mass is 9.94. The van der Waals surface area contributed by atoms with Gasteiger partial charge in [0, 0.05) is 24.5 Å². The van der Waals surface area contributed by atoms with Crippen LogP contribution in [0.5, 0.6) is 0 Å². The minimum absolute atomic E-state index is 0.115. The number of rotatable bonds is 3. The number of hydrogen-bond donors (Lipinski definition) is 1. The summed E-state index contributed by atoms with van der Waals surface area (Å²) in [5, 5.41) is 7.27. The van der Waals surface area contributed by atoms with Gasteiger partial charge in [-0.05, 0) is 49.1 Å². The molecule has 1 N–H and O–H groups in total. The Kier molecular flexibility index (Phi) is 4.48. The highest BCUT2D eigenvalue weighted by molar-refractivity contribution is 5.95. The van der Waals surface area contributed by atoms with Crippen LogP contribution in [0.1, 0.15) is 41.4 Å². The summed E-state index contributed by atoms with van der Waals surface area (Å²) >= 11 is 0. The summed E-state index contributed by atoms with van der Waals surface area (Å²) in [5.74, 6) is -0.760. The molecule has 1 aliphatic heterocycles. The molecule has 1 aromatic carbocycles. The van der Waals surface area contributed by atoms with Gasteiger partial charge in [-0.15, -0.1) is 0 Å². The summed E-state index contributed by atoms with van der Waals surface area (Å²) in [7, 11) is 0. The molecule has 1 saturated heterocycles. The van der Waals surface area contributed by atoms with E-state index < -0.39 is 5.82 Å². The van der Waals surface area contributed by atoms with Crippen LogP contribution in [-0.2, 0) is 0 Å². The zero-order valence-electron chi connectivity index (χ0n) is 14.2. The van der Waals surface area contributed by atoms with Gasteiger partial charge >= 0.3 is 0 Å². The topological polar surface area (TPSA) is 61.9 Å². The molecule has 3 heterocycles. The fourth-order valence-electron chi connectivity index (χ4n) is 3.58. The lowest BCUT2D eigenvalue weighted by Crippen LogP contribution is -2.39. The second kappa shape index (κ2) is 7.07. The summed E-state index contributed by atoms with van der Waals surface area (Å²) < 4.78 is 14.1. The second-order valence-corrected chi connectivity index (χ2v) is 6.42. The molecular weight excluding hydrogens is 331 g/mol. The quantitative estimate of drug-likeness (QED) is 0.777. The molecule has 6 heteroatoms. The highest BCUT2D eigenvalue weighted by Gasteiger charge is 2.32. The van der Waals surface area contributed by atoms with Crippen molar-refractivity contribution < 1.29 is 9.18 Å². The van der Waals surface area contributed by atoms with Gasteiger partial charge in [0.1, 0.15) is 5.82 Å². The summed E-state index contributed by atoms with van der Waals surface area (Å²) in [6.45, 7) is 0.604. The average Bonchev–Trinajstić information content (AvgIpc) is 3.18. The number of pyridine rings is 1. The number of carbonyl (C=O) groups excluding carboxylic acids is 1. The van der Waals surface area contributed by atoms with Crippen LogP contribution in [0.4, 0.5) is 4.39 Å². The lowest BCUT2D eigenvalue weighted by Gasteiger charge is -2.35. The summed E-state index contributed by atoms with van der Waals surface area (Å²) in [5.41, 5.74) is 2.95. The largest absolute Gasteiger partial charge is 0.330 e. The SMILES string of the molecule is O=C(c1ccccc1F)N1CCCC[C@H]1c1[nH]ncc1-c1ccncc1. The number of likely N-dealkylation sites (tertiary alicyclic amines) is 1. The molecule has 132 valence electrons. The van der Waals surface area contributed by atoms with Gasteiger partial charge in [-0.1, -0.05) is 12.1 Å². The molecule has 1 aliphatic rings. The Morgan fingerprint density at radius 2 is 1.96 bits per heavy atom. The Bertz CT molecular complexity index is 909. The fourth-order valence-corrected chi connectivity index (χ4v) is 3.58. The molecule has 1 amide bonds. The van der Waals surface area contributed by atoms with Crippen LogP contribution in [0.25, 0.3) is 11.1 Å². The van der Waals surface area contributed by atoms with E-state index in [0.717, 1.165) is 36.1 Å². The van der Waals surface area contributed by atoms with Crippen molar-refractivity contribution in [3.05, 3.63) is 72.1 Å². The molecule has 2 aromatic heterocycles. The zero-order valence-corrected chi connectivity index (χ0v) is 14.2. The van der Waals surface area contributed by atoms with Crippen molar-refractivity contribution in [3.8, 4) is 11.1 Å². The van der Waals surface area contributed by atoms with Crippen molar-refractivity contribution in [2.24, 2.45) is 0 Å². The van der Waals surface area contributed by atoms with E-state index in [1.807, 2.05) is 12.1 Å². The highest BCUT2D eigenvalue weighted by Crippen LogP contribution is 2.36. The molecule has 0 bridgehead atoms. The standard InChI is InChI=1S/C20H19FN4O/c21-17-6-2-1-5-15(17)20(26)25-12-4-3-7-18(25)19-16(13-23-24-19)14-8-10-22-11-9-14/h1-2,5-6,8-11,13,18H,3-4,7,12H2,(H,23,24)/t18-/m0/s1. The van der Waals surface area contributed by atoms with Crippen LogP contribution in [0.15, 0.2) is 55.0 Å². The number of benzene rings is 1. The number of nitrogens with zero attached hydrogens (tertiary/aromatic N) is 3. The third-order valence-electron chi connectivity index (χ3n) is 4.86. The first kappa shape index (κ1) is 16.4. The molecule has 4 rings (SSSR count). The van der Waals surface area contributed by atoms with Crippen LogP contribution >= 0.6 is 0 Å². The fraction of sp³-hybridized carbons (Fsp3) is 0.250. The number of H-pyrrole nitrogens is 1. The Hall–Kier alpha value is -3.02. The molecule has 26 heavy (non-hydrogen) atoms. The van der Waals surface area contributed by atoms with Crippen LogP contribution in [0.2, 0.25) is 0 Å². The van der Waals surface area contributed by atoms with Crippen molar-refractivity contribution in [2.75, 3.05) is 6.54 Å². The minimum atomic E-state index is -0.485. The first-order valence-corrected chi connectivity index (χ1v) is 8.75. The summed E-state index contributed by atoms with van der Waals surface area (Å²) in [6, 6.07) is 9.83. The van der Waals surface area contributed by atoms with E-state index in [1.54, 1.807) is 41.7 Å². The van der Waals surface area contributed by atoms with Gasteiger partial charge in [0.25, 0.3) is 5.91 Å². The van der Waals surface area contributed by atoms with Crippen molar-refractivity contribution >= 4 is 5.91 Å². The summed E-state index contributed by atoms with van der Waals surface area (Å²) in [6.07, 6.45) is 7.98. The van der Waals surface area contributed by atoms with Gasteiger partial charge in [-0.3, -0.25) is 14.9 Å². The molecular formula is C20H19FN4O. The first-order valence-electron chi connectivity index (χ1n) is 8.75. The number of aromatic amines is 1. The molecule has 0 radical (unpaired) electrons. The van der Waals surface area contributed by atoms with E-state index >= 15 is 0 Å². The van der Waals surface area contributed by atoms with E-state index in [1.165, 1.54) is 6.07 Å².